The van der Waals surface area contributed by atoms with E-state index in [1.807, 2.05) is 58.4 Å². The minimum atomic E-state index is 0.778. The number of aromatic nitrogens is 3. The predicted molar refractivity (Wildman–Crippen MR) is 124 cm³/mol. The van der Waals surface area contributed by atoms with Crippen molar-refractivity contribution in [2.75, 3.05) is 7.05 Å². The van der Waals surface area contributed by atoms with Crippen LogP contribution >= 0.6 is 0 Å². The molecule has 0 unspecified atom stereocenters. The number of nitrogens with zero attached hydrogens (tertiary/aromatic N) is 4. The number of aryl methyl sites for hydroxylation is 1. The maximum atomic E-state index is 4.42. The van der Waals surface area contributed by atoms with Gasteiger partial charge in [-0.15, -0.1) is 5.10 Å². The zero-order chi connectivity index (χ0) is 21.7. The van der Waals surface area contributed by atoms with E-state index in [9.17, 15) is 0 Å². The van der Waals surface area contributed by atoms with Gasteiger partial charge in [-0.25, -0.2) is 4.68 Å². The summed E-state index contributed by atoms with van der Waals surface area (Å²) in [7, 11) is 2.06. The highest BCUT2D eigenvalue weighted by Gasteiger charge is 2.24. The topological polar surface area (TPSA) is 34.0 Å². The van der Waals surface area contributed by atoms with Crippen molar-refractivity contribution in [3.8, 4) is 11.3 Å². The van der Waals surface area contributed by atoms with Crippen LogP contribution in [0.2, 0.25) is 0 Å². The lowest BCUT2D eigenvalue weighted by atomic mass is 9.96. The fraction of sp³-hybridized carbons (Fsp3) is 0.417. The first kappa shape index (κ1) is 25.4. The average Bonchev–Trinajstić information content (AvgIpc) is 3.18. The van der Waals surface area contributed by atoms with E-state index in [1.165, 1.54) is 11.1 Å². The summed E-state index contributed by atoms with van der Waals surface area (Å²) in [5.41, 5.74) is 6.35. The van der Waals surface area contributed by atoms with Crippen LogP contribution in [-0.4, -0.2) is 26.9 Å². The molecule has 0 saturated carbocycles. The molecule has 1 aliphatic heterocycles. The van der Waals surface area contributed by atoms with Crippen molar-refractivity contribution < 1.29 is 0 Å². The zero-order valence-electron chi connectivity index (χ0n) is 19.1. The van der Waals surface area contributed by atoms with Gasteiger partial charge in [0, 0.05) is 37.0 Å². The lowest BCUT2D eigenvalue weighted by Gasteiger charge is -2.26. The second kappa shape index (κ2) is 13.5. The van der Waals surface area contributed by atoms with Crippen molar-refractivity contribution in [2.24, 2.45) is 0 Å². The van der Waals surface area contributed by atoms with Gasteiger partial charge in [0.2, 0.25) is 0 Å². The number of likely N-dealkylation sites (N-methyl/N-ethyl adjacent to an activating group) is 1. The highest BCUT2D eigenvalue weighted by Crippen LogP contribution is 2.36. The summed E-state index contributed by atoms with van der Waals surface area (Å²) in [6.07, 6.45) is 3.70. The summed E-state index contributed by atoms with van der Waals surface area (Å²) in [6.45, 7) is 23.6. The normalized spacial score (nSPS) is 14.2. The van der Waals surface area contributed by atoms with Crippen molar-refractivity contribution in [1.82, 2.24) is 19.9 Å². The Bertz CT molecular complexity index is 769. The van der Waals surface area contributed by atoms with E-state index in [1.54, 1.807) is 0 Å². The van der Waals surface area contributed by atoms with Crippen molar-refractivity contribution in [3.63, 3.8) is 0 Å². The van der Waals surface area contributed by atoms with Crippen LogP contribution in [0.4, 0.5) is 0 Å². The van der Waals surface area contributed by atoms with E-state index in [4.69, 9.17) is 0 Å². The Kier molecular flexibility index (Phi) is 12.3. The third-order valence-corrected chi connectivity index (χ3v) is 4.05. The second-order valence-electron chi connectivity index (χ2n) is 5.32. The summed E-state index contributed by atoms with van der Waals surface area (Å²) >= 11 is 0. The maximum absolute atomic E-state index is 4.42. The van der Waals surface area contributed by atoms with Crippen molar-refractivity contribution in [3.05, 3.63) is 66.5 Å². The molecular formula is C24H38N4. The van der Waals surface area contributed by atoms with Gasteiger partial charge in [0.05, 0.1) is 5.69 Å². The minimum absolute atomic E-state index is 0.778. The number of benzene rings is 1. The zero-order valence-corrected chi connectivity index (χ0v) is 19.1. The molecule has 28 heavy (non-hydrogen) atoms. The molecule has 154 valence electrons. The van der Waals surface area contributed by atoms with Gasteiger partial charge in [-0.05, 0) is 18.6 Å². The van der Waals surface area contributed by atoms with Crippen LogP contribution in [0.25, 0.3) is 16.8 Å². The molecule has 0 atom stereocenters. The van der Waals surface area contributed by atoms with Crippen LogP contribution < -0.4 is 0 Å². The van der Waals surface area contributed by atoms with Gasteiger partial charge in [-0.1, -0.05) is 90.3 Å². The Morgan fingerprint density at radius 2 is 1.61 bits per heavy atom. The summed E-state index contributed by atoms with van der Waals surface area (Å²) in [4.78, 5) is 2.18. The SMILES string of the molecule is C=C/C1=C(\C=C)N(C)Cc2ccccc2-c2c1nnn2CC.CC.CC.CC. The minimum Gasteiger partial charge on any atom is -0.370 e. The molecule has 0 spiro atoms. The number of hydrogen-bond acceptors (Lipinski definition) is 3. The van der Waals surface area contributed by atoms with Crippen LogP contribution in [0.5, 0.6) is 0 Å². The Balaban J connectivity index is 0.00000111. The van der Waals surface area contributed by atoms with E-state index in [2.05, 4.69) is 66.6 Å². The molecular weight excluding hydrogens is 344 g/mol. The molecule has 3 rings (SSSR count). The van der Waals surface area contributed by atoms with Crippen molar-refractivity contribution in [1.29, 1.82) is 0 Å². The largest absolute Gasteiger partial charge is 0.370 e. The summed E-state index contributed by atoms with van der Waals surface area (Å²) in [5, 5.41) is 8.74. The van der Waals surface area contributed by atoms with Gasteiger partial charge in [0.15, 0.2) is 0 Å². The van der Waals surface area contributed by atoms with Gasteiger partial charge in [0.25, 0.3) is 0 Å². The molecule has 0 saturated heterocycles. The first-order chi connectivity index (χ1) is 13.7. The summed E-state index contributed by atoms with van der Waals surface area (Å²) in [6, 6.07) is 8.42. The van der Waals surface area contributed by atoms with Crippen molar-refractivity contribution >= 4 is 5.57 Å². The number of hydrogen-bond donors (Lipinski definition) is 0. The second-order valence-corrected chi connectivity index (χ2v) is 5.32. The molecule has 2 aromatic rings. The fourth-order valence-electron chi connectivity index (χ4n) is 3.01. The van der Waals surface area contributed by atoms with Gasteiger partial charge < -0.3 is 4.90 Å². The third-order valence-electron chi connectivity index (χ3n) is 4.05. The smallest absolute Gasteiger partial charge is 0.123 e. The van der Waals surface area contributed by atoms with Crippen LogP contribution in [0, 0.1) is 0 Å². The van der Waals surface area contributed by atoms with Crippen LogP contribution in [0.3, 0.4) is 0 Å². The van der Waals surface area contributed by atoms with Crippen molar-refractivity contribution in [2.45, 2.75) is 61.6 Å². The molecule has 1 aromatic heterocycles. The molecule has 0 fully saturated rings. The molecule has 0 aliphatic carbocycles. The average molecular weight is 383 g/mol. The summed E-state index contributed by atoms with van der Waals surface area (Å²) < 4.78 is 1.95. The van der Waals surface area contributed by atoms with Gasteiger partial charge in [-0.2, -0.15) is 0 Å². The molecule has 4 nitrogen and oxygen atoms in total. The van der Waals surface area contributed by atoms with E-state index >= 15 is 0 Å². The molecule has 0 N–H and O–H groups in total. The van der Waals surface area contributed by atoms with Gasteiger partial charge in [0.1, 0.15) is 5.69 Å². The molecule has 4 heteroatoms. The number of rotatable bonds is 3. The molecule has 1 aliphatic rings. The Morgan fingerprint density at radius 3 is 2.14 bits per heavy atom. The molecule has 2 heterocycles. The standard InChI is InChI=1S/C18H20N4.3C2H6/c1-5-14-16(6-2)21(4)12-13-10-8-9-11-15(13)18-17(14)19-20-22(18)7-3;3*1-2/h5-6,8-11H,1-2,7,12H2,3-4H3;3*1-2H3/b16-14-;;;. The van der Waals surface area contributed by atoms with E-state index in [0.29, 0.717) is 0 Å². The van der Waals surface area contributed by atoms with Gasteiger partial charge in [-0.3, -0.25) is 0 Å². The molecule has 1 aromatic carbocycles. The van der Waals surface area contributed by atoms with E-state index < -0.39 is 0 Å². The maximum Gasteiger partial charge on any atom is 0.123 e. The highest BCUT2D eigenvalue weighted by atomic mass is 15.4. The predicted octanol–water partition coefficient (Wildman–Crippen LogP) is 6.57. The lowest BCUT2D eigenvalue weighted by Crippen LogP contribution is -2.20. The first-order valence-electron chi connectivity index (χ1n) is 10.4. The van der Waals surface area contributed by atoms with Crippen LogP contribution in [0.1, 0.15) is 59.7 Å². The Morgan fingerprint density at radius 1 is 1.00 bits per heavy atom. The fourth-order valence-corrected chi connectivity index (χ4v) is 3.01. The van der Waals surface area contributed by atoms with E-state index in [-0.39, 0.29) is 0 Å². The third kappa shape index (κ3) is 5.22. The highest BCUT2D eigenvalue weighted by molar-refractivity contribution is 5.85. The Hall–Kier alpha value is -2.62. The molecule has 0 amide bonds. The van der Waals surface area contributed by atoms with Gasteiger partial charge >= 0.3 is 0 Å². The molecule has 0 bridgehead atoms. The first-order valence-corrected chi connectivity index (χ1v) is 10.4. The number of allylic oxidation sites excluding steroid dienone is 3. The number of fused-ring (bicyclic) bond motifs is 3. The van der Waals surface area contributed by atoms with Crippen LogP contribution in [-0.2, 0) is 13.1 Å². The monoisotopic (exact) mass is 382 g/mol. The van der Waals surface area contributed by atoms with Crippen LogP contribution in [0.15, 0.2) is 55.3 Å². The van der Waals surface area contributed by atoms with E-state index in [0.717, 1.165) is 35.7 Å². The molecule has 0 radical (unpaired) electrons. The summed E-state index contributed by atoms with van der Waals surface area (Å²) in [5.74, 6) is 0. The Labute approximate surface area is 172 Å². The lowest BCUT2D eigenvalue weighted by molar-refractivity contribution is 0.426. The quantitative estimate of drug-likeness (QED) is 0.602.